The lowest BCUT2D eigenvalue weighted by atomic mass is 9.91. The van der Waals surface area contributed by atoms with Crippen molar-refractivity contribution < 1.29 is 4.79 Å². The minimum Gasteiger partial charge on any atom is -0.337 e. The molecular weight excluding hydrogens is 352 g/mol. The summed E-state index contributed by atoms with van der Waals surface area (Å²) >= 11 is 0. The third-order valence-electron chi connectivity index (χ3n) is 5.25. The van der Waals surface area contributed by atoms with Gasteiger partial charge in [-0.25, -0.2) is 4.79 Å². The lowest BCUT2D eigenvalue weighted by Gasteiger charge is -2.33. The number of amides is 2. The Hall–Kier alpha value is -2.93. The second-order valence-corrected chi connectivity index (χ2v) is 7.29. The minimum atomic E-state index is -0.213. The fraction of sp³-hybridized carbons (Fsp3) is 0.381. The predicted octanol–water partition coefficient (Wildman–Crippen LogP) is 2.97. The number of anilines is 1. The van der Waals surface area contributed by atoms with Gasteiger partial charge in [0.05, 0.1) is 5.69 Å². The van der Waals surface area contributed by atoms with Crippen molar-refractivity contribution in [2.75, 3.05) is 31.5 Å². The Morgan fingerprint density at radius 1 is 1.14 bits per heavy atom. The van der Waals surface area contributed by atoms with E-state index in [1.165, 1.54) is 23.2 Å². The van der Waals surface area contributed by atoms with E-state index in [2.05, 4.69) is 56.1 Å². The molecule has 28 heavy (non-hydrogen) atoms. The molecule has 1 fully saturated rings. The van der Waals surface area contributed by atoms with E-state index in [4.69, 9.17) is 0 Å². The molecule has 0 bridgehead atoms. The molecule has 1 saturated heterocycles. The highest BCUT2D eigenvalue weighted by atomic mass is 16.2. The lowest BCUT2D eigenvalue weighted by molar-refractivity contribution is 0.207. The number of benzene rings is 2. The number of nitrogens with one attached hydrogen (secondary N) is 2. The number of likely N-dealkylation sites (tertiary alicyclic amines) is 1. The monoisotopic (exact) mass is 378 g/mol. The number of piperidine rings is 1. The molecule has 146 valence electrons. The zero-order chi connectivity index (χ0) is 19.3. The largest absolute Gasteiger partial charge is 0.337 e. The van der Waals surface area contributed by atoms with Crippen LogP contribution >= 0.6 is 0 Å². The summed E-state index contributed by atoms with van der Waals surface area (Å²) in [6.07, 6.45) is 2.43. The SMILES string of the molecule is Cn1nc2cccc(NC(=O)NCCN3CCC[C@@H](c4ccccc4)C3)c2n1. The van der Waals surface area contributed by atoms with Crippen LogP contribution in [-0.4, -0.2) is 52.1 Å². The molecule has 0 radical (unpaired) electrons. The van der Waals surface area contributed by atoms with E-state index in [-0.39, 0.29) is 6.03 Å². The van der Waals surface area contributed by atoms with Gasteiger partial charge in [0, 0.05) is 26.7 Å². The molecule has 1 aliphatic rings. The van der Waals surface area contributed by atoms with E-state index in [1.807, 2.05) is 18.2 Å². The Morgan fingerprint density at radius 3 is 2.86 bits per heavy atom. The van der Waals surface area contributed by atoms with Crippen molar-refractivity contribution in [3.05, 3.63) is 54.1 Å². The molecule has 2 aromatic carbocycles. The molecule has 2 amide bonds. The summed E-state index contributed by atoms with van der Waals surface area (Å²) in [4.78, 5) is 16.2. The maximum atomic E-state index is 12.3. The molecule has 1 aromatic heterocycles. The third kappa shape index (κ3) is 4.31. The highest BCUT2D eigenvalue weighted by Crippen LogP contribution is 2.26. The number of fused-ring (bicyclic) bond motifs is 1. The number of carbonyl (C=O) groups is 1. The topological polar surface area (TPSA) is 75.1 Å². The molecule has 4 rings (SSSR count). The molecule has 3 aromatic rings. The summed E-state index contributed by atoms with van der Waals surface area (Å²) in [6.45, 7) is 3.60. The van der Waals surface area contributed by atoms with E-state index in [9.17, 15) is 4.79 Å². The first-order valence-electron chi connectivity index (χ1n) is 9.81. The fourth-order valence-electron chi connectivity index (χ4n) is 3.89. The van der Waals surface area contributed by atoms with Crippen molar-refractivity contribution in [1.29, 1.82) is 0 Å². The number of urea groups is 1. The zero-order valence-electron chi connectivity index (χ0n) is 16.1. The molecule has 7 nitrogen and oxygen atoms in total. The Morgan fingerprint density at radius 2 is 2.00 bits per heavy atom. The molecule has 1 aliphatic heterocycles. The van der Waals surface area contributed by atoms with Crippen molar-refractivity contribution in [2.45, 2.75) is 18.8 Å². The van der Waals surface area contributed by atoms with Gasteiger partial charge in [0.1, 0.15) is 11.0 Å². The van der Waals surface area contributed by atoms with Gasteiger partial charge in [0.25, 0.3) is 0 Å². The van der Waals surface area contributed by atoms with Crippen LogP contribution in [0, 0.1) is 0 Å². The molecule has 0 unspecified atom stereocenters. The second kappa shape index (κ2) is 8.39. The number of nitrogens with zero attached hydrogens (tertiary/aromatic N) is 4. The average molecular weight is 378 g/mol. The summed E-state index contributed by atoms with van der Waals surface area (Å²) in [5.41, 5.74) is 3.54. The average Bonchev–Trinajstić information content (AvgIpc) is 3.10. The van der Waals surface area contributed by atoms with Crippen LogP contribution in [0.25, 0.3) is 11.0 Å². The summed E-state index contributed by atoms with van der Waals surface area (Å²) in [7, 11) is 1.77. The first-order valence-corrected chi connectivity index (χ1v) is 9.81. The Labute approximate surface area is 164 Å². The van der Waals surface area contributed by atoms with Gasteiger partial charge < -0.3 is 15.5 Å². The zero-order valence-corrected chi connectivity index (χ0v) is 16.1. The highest BCUT2D eigenvalue weighted by Gasteiger charge is 2.21. The van der Waals surface area contributed by atoms with Crippen LogP contribution in [0.1, 0.15) is 24.3 Å². The molecule has 7 heteroatoms. The number of aryl methyl sites for hydroxylation is 1. The van der Waals surface area contributed by atoms with Crippen LogP contribution in [0.3, 0.4) is 0 Å². The number of aromatic nitrogens is 3. The summed E-state index contributed by atoms with van der Waals surface area (Å²) in [5.74, 6) is 0.582. The normalized spacial score (nSPS) is 17.5. The predicted molar refractivity (Wildman–Crippen MR) is 110 cm³/mol. The maximum absolute atomic E-state index is 12.3. The molecular formula is C21H26N6O. The van der Waals surface area contributed by atoms with Crippen molar-refractivity contribution in [1.82, 2.24) is 25.2 Å². The standard InChI is InChI=1S/C21H26N6O/c1-26-24-19-11-5-10-18(20(19)25-26)23-21(28)22-12-14-27-13-6-9-17(15-27)16-7-3-2-4-8-16/h2-5,7-8,10-11,17H,6,9,12-15H2,1H3,(H2,22,23,28)/t17-/m1/s1. The van der Waals surface area contributed by atoms with Gasteiger partial charge in [-0.05, 0) is 43.0 Å². The molecule has 0 saturated carbocycles. The van der Waals surface area contributed by atoms with Crippen LogP contribution < -0.4 is 10.6 Å². The molecule has 0 spiro atoms. The number of carbonyl (C=O) groups excluding carboxylic acids is 1. The van der Waals surface area contributed by atoms with Gasteiger partial charge in [0.15, 0.2) is 0 Å². The van der Waals surface area contributed by atoms with Crippen molar-refractivity contribution in [3.63, 3.8) is 0 Å². The van der Waals surface area contributed by atoms with Crippen LogP contribution in [0.5, 0.6) is 0 Å². The van der Waals surface area contributed by atoms with Crippen LogP contribution in [-0.2, 0) is 7.05 Å². The van der Waals surface area contributed by atoms with Gasteiger partial charge in [0.2, 0.25) is 0 Å². The first kappa shape index (κ1) is 18.4. The Kier molecular flexibility index (Phi) is 5.53. The number of hydrogen-bond donors (Lipinski definition) is 2. The van der Waals surface area contributed by atoms with Crippen LogP contribution in [0.15, 0.2) is 48.5 Å². The summed E-state index contributed by atoms with van der Waals surface area (Å²) in [6, 6.07) is 16.1. The van der Waals surface area contributed by atoms with Gasteiger partial charge in [-0.3, -0.25) is 0 Å². The molecule has 1 atom stereocenters. The van der Waals surface area contributed by atoms with E-state index in [1.54, 1.807) is 7.05 Å². The quantitative estimate of drug-likeness (QED) is 0.716. The summed E-state index contributed by atoms with van der Waals surface area (Å²) in [5, 5.41) is 14.4. The van der Waals surface area contributed by atoms with Gasteiger partial charge in [-0.15, -0.1) is 0 Å². The smallest absolute Gasteiger partial charge is 0.319 e. The molecule has 0 aliphatic carbocycles. The summed E-state index contributed by atoms with van der Waals surface area (Å²) < 4.78 is 0. The van der Waals surface area contributed by atoms with Gasteiger partial charge in [-0.2, -0.15) is 15.0 Å². The van der Waals surface area contributed by atoms with E-state index >= 15 is 0 Å². The van der Waals surface area contributed by atoms with Gasteiger partial charge in [-0.1, -0.05) is 36.4 Å². The molecule has 2 N–H and O–H groups in total. The van der Waals surface area contributed by atoms with Crippen molar-refractivity contribution in [2.24, 2.45) is 7.05 Å². The first-order chi connectivity index (χ1) is 13.7. The third-order valence-corrected chi connectivity index (χ3v) is 5.25. The van der Waals surface area contributed by atoms with E-state index < -0.39 is 0 Å². The Bertz CT molecular complexity index is 938. The van der Waals surface area contributed by atoms with Crippen LogP contribution in [0.2, 0.25) is 0 Å². The highest BCUT2D eigenvalue weighted by molar-refractivity contribution is 5.98. The maximum Gasteiger partial charge on any atom is 0.319 e. The van der Waals surface area contributed by atoms with E-state index in [0.717, 1.165) is 25.2 Å². The second-order valence-electron chi connectivity index (χ2n) is 7.29. The lowest BCUT2D eigenvalue weighted by Crippen LogP contribution is -2.41. The number of hydrogen-bond acceptors (Lipinski definition) is 4. The number of rotatable bonds is 5. The van der Waals surface area contributed by atoms with Crippen molar-refractivity contribution >= 4 is 22.8 Å². The Balaban J connectivity index is 1.27. The van der Waals surface area contributed by atoms with Gasteiger partial charge >= 0.3 is 6.03 Å². The minimum absolute atomic E-state index is 0.213. The fourth-order valence-corrected chi connectivity index (χ4v) is 3.89. The van der Waals surface area contributed by atoms with Crippen molar-refractivity contribution in [3.8, 4) is 0 Å². The van der Waals surface area contributed by atoms with E-state index in [0.29, 0.717) is 23.7 Å². The molecule has 2 heterocycles. The van der Waals surface area contributed by atoms with Crippen LogP contribution in [0.4, 0.5) is 10.5 Å².